The number of rotatable bonds is 6. The minimum absolute atomic E-state index is 0.631. The smallest absolute Gasteiger partial charge is 0.0598 e. The molecule has 0 spiro atoms. The Hall–Kier alpha value is -0.0800. The van der Waals surface area contributed by atoms with Crippen molar-refractivity contribution in [2.45, 2.75) is 85.0 Å². The minimum atomic E-state index is 0.631. The average Bonchev–Trinajstić information content (AvgIpc) is 2.28. The molecule has 0 aromatic carbocycles. The van der Waals surface area contributed by atoms with Crippen LogP contribution in [0.2, 0.25) is 0 Å². The van der Waals surface area contributed by atoms with Gasteiger partial charge in [-0.2, -0.15) is 0 Å². The van der Waals surface area contributed by atoms with Gasteiger partial charge in [-0.1, -0.05) is 26.7 Å². The lowest BCUT2D eigenvalue weighted by molar-refractivity contribution is -0.0490. The van der Waals surface area contributed by atoms with Gasteiger partial charge in [0, 0.05) is 12.1 Å². The Labute approximate surface area is 108 Å². The molecular formula is C15H32N2. The monoisotopic (exact) mass is 240 g/mol. The Morgan fingerprint density at radius 3 is 1.59 bits per heavy atom. The van der Waals surface area contributed by atoms with E-state index in [0.29, 0.717) is 6.17 Å². The molecule has 2 heteroatoms. The van der Waals surface area contributed by atoms with Crippen LogP contribution in [-0.4, -0.2) is 41.1 Å². The predicted octanol–water partition coefficient (Wildman–Crippen LogP) is 3.72. The molecular weight excluding hydrogens is 208 g/mol. The summed E-state index contributed by atoms with van der Waals surface area (Å²) in [6.45, 7) is 14.3. The highest BCUT2D eigenvalue weighted by Crippen LogP contribution is 2.25. The van der Waals surface area contributed by atoms with Crippen LogP contribution in [-0.2, 0) is 0 Å². The van der Waals surface area contributed by atoms with Gasteiger partial charge in [0.05, 0.1) is 6.17 Å². The molecule has 0 radical (unpaired) electrons. The highest BCUT2D eigenvalue weighted by molar-refractivity contribution is 4.86. The molecule has 1 aliphatic heterocycles. The summed E-state index contributed by atoms with van der Waals surface area (Å²) in [5.41, 5.74) is 0. The third-order valence-electron chi connectivity index (χ3n) is 4.31. The Morgan fingerprint density at radius 1 is 0.824 bits per heavy atom. The van der Waals surface area contributed by atoms with Gasteiger partial charge in [-0.15, -0.1) is 0 Å². The first-order chi connectivity index (χ1) is 8.11. The van der Waals surface area contributed by atoms with Crippen LogP contribution in [0.5, 0.6) is 0 Å². The molecule has 17 heavy (non-hydrogen) atoms. The minimum Gasteiger partial charge on any atom is -0.285 e. The van der Waals surface area contributed by atoms with Crippen LogP contribution in [0.15, 0.2) is 0 Å². The molecule has 1 fully saturated rings. The van der Waals surface area contributed by atoms with Crippen molar-refractivity contribution in [3.8, 4) is 0 Å². The number of hydrogen-bond acceptors (Lipinski definition) is 2. The molecule has 0 bridgehead atoms. The fourth-order valence-electron chi connectivity index (χ4n) is 3.19. The lowest BCUT2D eigenvalue weighted by Crippen LogP contribution is -2.59. The summed E-state index contributed by atoms with van der Waals surface area (Å²) >= 11 is 0. The Kier molecular flexibility index (Phi) is 6.50. The zero-order valence-corrected chi connectivity index (χ0v) is 12.6. The summed E-state index contributed by atoms with van der Waals surface area (Å²) in [5.74, 6) is 0. The zero-order chi connectivity index (χ0) is 12.8. The molecule has 102 valence electrons. The standard InChI is InChI=1S/C15H32N2/c1-6-8-10-16-13(3)12-14(4)17(15(16)5)11-9-7-2/h13-15H,6-12H2,1-5H3. The normalized spacial score (nSPS) is 31.9. The fourth-order valence-corrected chi connectivity index (χ4v) is 3.19. The number of nitrogens with zero attached hydrogens (tertiary/aromatic N) is 2. The van der Waals surface area contributed by atoms with E-state index >= 15 is 0 Å². The van der Waals surface area contributed by atoms with Crippen molar-refractivity contribution in [2.24, 2.45) is 0 Å². The van der Waals surface area contributed by atoms with Crippen LogP contribution >= 0.6 is 0 Å². The van der Waals surface area contributed by atoms with Crippen LogP contribution in [0.4, 0.5) is 0 Å². The van der Waals surface area contributed by atoms with E-state index in [1.54, 1.807) is 0 Å². The number of hydrogen-bond donors (Lipinski definition) is 0. The summed E-state index contributed by atoms with van der Waals surface area (Å²) < 4.78 is 0. The first-order valence-electron chi connectivity index (χ1n) is 7.63. The van der Waals surface area contributed by atoms with Crippen LogP contribution in [0.25, 0.3) is 0 Å². The van der Waals surface area contributed by atoms with Gasteiger partial charge in [-0.25, -0.2) is 0 Å². The van der Waals surface area contributed by atoms with Crippen LogP contribution in [0.1, 0.15) is 66.7 Å². The van der Waals surface area contributed by atoms with E-state index in [1.165, 1.54) is 45.2 Å². The Morgan fingerprint density at radius 2 is 1.24 bits per heavy atom. The lowest BCUT2D eigenvalue weighted by Gasteiger charge is -2.49. The molecule has 0 amide bonds. The van der Waals surface area contributed by atoms with E-state index in [1.807, 2.05) is 0 Å². The Bertz CT molecular complexity index is 185. The maximum atomic E-state index is 2.71. The summed E-state index contributed by atoms with van der Waals surface area (Å²) in [6, 6.07) is 1.51. The average molecular weight is 240 g/mol. The summed E-state index contributed by atoms with van der Waals surface area (Å²) in [6.07, 6.45) is 7.25. The van der Waals surface area contributed by atoms with E-state index in [0.717, 1.165) is 12.1 Å². The zero-order valence-electron chi connectivity index (χ0n) is 12.6. The molecule has 1 saturated heterocycles. The molecule has 2 atom stereocenters. The van der Waals surface area contributed by atoms with E-state index < -0.39 is 0 Å². The largest absolute Gasteiger partial charge is 0.285 e. The molecule has 0 saturated carbocycles. The lowest BCUT2D eigenvalue weighted by atomic mass is 10.00. The second-order valence-corrected chi connectivity index (χ2v) is 5.75. The molecule has 1 heterocycles. The molecule has 2 nitrogen and oxygen atoms in total. The Balaban J connectivity index is 2.58. The van der Waals surface area contributed by atoms with Crippen molar-refractivity contribution in [1.82, 2.24) is 9.80 Å². The fraction of sp³-hybridized carbons (Fsp3) is 1.00. The first kappa shape index (κ1) is 15.0. The SMILES string of the molecule is CCCCN1C(C)CC(C)N(CCCC)C1C. The van der Waals surface area contributed by atoms with Crippen molar-refractivity contribution in [2.75, 3.05) is 13.1 Å². The quantitative estimate of drug-likeness (QED) is 0.698. The second kappa shape index (κ2) is 7.38. The first-order valence-corrected chi connectivity index (χ1v) is 7.63. The molecule has 0 aromatic rings. The highest BCUT2D eigenvalue weighted by atomic mass is 15.4. The van der Waals surface area contributed by atoms with E-state index in [4.69, 9.17) is 0 Å². The highest BCUT2D eigenvalue weighted by Gasteiger charge is 2.33. The number of unbranched alkanes of at least 4 members (excludes halogenated alkanes) is 2. The van der Waals surface area contributed by atoms with Gasteiger partial charge < -0.3 is 0 Å². The van der Waals surface area contributed by atoms with Gasteiger partial charge in [-0.3, -0.25) is 9.80 Å². The van der Waals surface area contributed by atoms with Gasteiger partial charge in [0.1, 0.15) is 0 Å². The van der Waals surface area contributed by atoms with Gasteiger partial charge >= 0.3 is 0 Å². The predicted molar refractivity (Wildman–Crippen MR) is 76.2 cm³/mol. The van der Waals surface area contributed by atoms with Crippen molar-refractivity contribution < 1.29 is 0 Å². The summed E-state index contributed by atoms with van der Waals surface area (Å²) in [4.78, 5) is 5.42. The van der Waals surface area contributed by atoms with Crippen molar-refractivity contribution >= 4 is 0 Å². The van der Waals surface area contributed by atoms with Crippen LogP contribution in [0.3, 0.4) is 0 Å². The maximum Gasteiger partial charge on any atom is 0.0598 e. The van der Waals surface area contributed by atoms with Gasteiger partial charge in [0.15, 0.2) is 0 Å². The topological polar surface area (TPSA) is 6.48 Å². The third kappa shape index (κ3) is 3.96. The molecule has 1 aliphatic rings. The van der Waals surface area contributed by atoms with E-state index in [9.17, 15) is 0 Å². The maximum absolute atomic E-state index is 2.71. The molecule has 1 rings (SSSR count). The van der Waals surface area contributed by atoms with Crippen molar-refractivity contribution in [1.29, 1.82) is 0 Å². The summed E-state index contributed by atoms with van der Waals surface area (Å²) in [7, 11) is 0. The van der Waals surface area contributed by atoms with Gasteiger partial charge in [0.2, 0.25) is 0 Å². The van der Waals surface area contributed by atoms with Crippen molar-refractivity contribution in [3.05, 3.63) is 0 Å². The molecule has 0 N–H and O–H groups in total. The van der Waals surface area contributed by atoms with E-state index in [2.05, 4.69) is 44.4 Å². The van der Waals surface area contributed by atoms with Crippen LogP contribution < -0.4 is 0 Å². The second-order valence-electron chi connectivity index (χ2n) is 5.75. The molecule has 2 unspecified atom stereocenters. The van der Waals surface area contributed by atoms with E-state index in [-0.39, 0.29) is 0 Å². The summed E-state index contributed by atoms with van der Waals surface area (Å²) in [5, 5.41) is 0. The van der Waals surface area contributed by atoms with Gasteiger partial charge in [0.25, 0.3) is 0 Å². The van der Waals surface area contributed by atoms with Crippen molar-refractivity contribution in [3.63, 3.8) is 0 Å². The molecule has 0 aromatic heterocycles. The van der Waals surface area contributed by atoms with Gasteiger partial charge in [-0.05, 0) is 53.1 Å². The third-order valence-corrected chi connectivity index (χ3v) is 4.31. The molecule has 0 aliphatic carbocycles. The van der Waals surface area contributed by atoms with Crippen LogP contribution in [0, 0.1) is 0 Å².